The van der Waals surface area contributed by atoms with E-state index in [1.54, 1.807) is 18.0 Å². The Balaban J connectivity index is 1.45. The molecule has 1 aliphatic rings. The van der Waals surface area contributed by atoms with Crippen LogP contribution in [0.3, 0.4) is 0 Å². The number of ether oxygens (including phenoxy) is 2. The highest BCUT2D eigenvalue weighted by Crippen LogP contribution is 2.30. The van der Waals surface area contributed by atoms with E-state index in [0.717, 1.165) is 25.9 Å². The molecule has 1 aromatic carbocycles. The Morgan fingerprint density at radius 2 is 2.16 bits per heavy atom. The highest BCUT2D eigenvalue weighted by atomic mass is 32.1. The number of aromatic nitrogens is 6. The molecule has 190 valence electrons. The number of benzene rings is 1. The third-order valence-electron chi connectivity index (χ3n) is 6.67. The largest absolute Gasteiger partial charge is 0.497 e. The van der Waals surface area contributed by atoms with Crippen molar-refractivity contribution in [1.82, 2.24) is 29.1 Å². The van der Waals surface area contributed by atoms with E-state index in [-0.39, 0.29) is 17.8 Å². The van der Waals surface area contributed by atoms with Crippen molar-refractivity contribution >= 4 is 38.5 Å². The van der Waals surface area contributed by atoms with Crippen molar-refractivity contribution in [2.45, 2.75) is 44.9 Å². The summed E-state index contributed by atoms with van der Waals surface area (Å²) in [4.78, 5) is 32.3. The number of methoxy groups -OCH3 is 1. The Labute approximate surface area is 216 Å². The van der Waals surface area contributed by atoms with Gasteiger partial charge in [-0.25, -0.2) is 19.9 Å². The Morgan fingerprint density at radius 3 is 2.97 bits per heavy atom. The van der Waals surface area contributed by atoms with Crippen LogP contribution < -0.4 is 15.6 Å². The molecular formula is C26H27N7O3S. The fraction of sp³-hybridized carbons (Fsp3) is 0.346. The van der Waals surface area contributed by atoms with E-state index in [2.05, 4.69) is 20.3 Å². The lowest BCUT2D eigenvalue weighted by Crippen LogP contribution is -2.27. The van der Waals surface area contributed by atoms with Gasteiger partial charge in [-0.1, -0.05) is 13.0 Å². The number of nitrogens with zero attached hydrogens (tertiary/aromatic N) is 6. The molecule has 6 rings (SSSR count). The maximum Gasteiger partial charge on any atom is 0.276 e. The number of nitrogens with one attached hydrogen (secondary N) is 1. The van der Waals surface area contributed by atoms with Crippen LogP contribution in [0.2, 0.25) is 0 Å². The van der Waals surface area contributed by atoms with Crippen molar-refractivity contribution in [2.75, 3.05) is 19.0 Å². The molecule has 0 radical (unpaired) electrons. The maximum absolute atomic E-state index is 13.7. The lowest BCUT2D eigenvalue weighted by atomic mass is 10.1. The van der Waals surface area contributed by atoms with Gasteiger partial charge in [0.15, 0.2) is 17.0 Å². The predicted molar refractivity (Wildman–Crippen MR) is 143 cm³/mol. The summed E-state index contributed by atoms with van der Waals surface area (Å²) in [5.41, 5.74) is 2.62. The first-order valence-electron chi connectivity index (χ1n) is 12.4. The van der Waals surface area contributed by atoms with Crippen LogP contribution >= 0.6 is 11.3 Å². The summed E-state index contributed by atoms with van der Waals surface area (Å²) in [6, 6.07) is 9.00. The van der Waals surface area contributed by atoms with E-state index in [0.29, 0.717) is 50.9 Å². The van der Waals surface area contributed by atoms with Crippen LogP contribution in [0, 0.1) is 0 Å². The molecule has 5 heterocycles. The monoisotopic (exact) mass is 517 g/mol. The van der Waals surface area contributed by atoms with E-state index in [9.17, 15) is 4.79 Å². The molecule has 1 aliphatic heterocycles. The van der Waals surface area contributed by atoms with Crippen molar-refractivity contribution in [1.29, 1.82) is 0 Å². The van der Waals surface area contributed by atoms with Gasteiger partial charge in [0.25, 0.3) is 5.56 Å². The summed E-state index contributed by atoms with van der Waals surface area (Å²) < 4.78 is 15.6. The number of thiophene rings is 1. The molecule has 0 bridgehead atoms. The van der Waals surface area contributed by atoms with Crippen molar-refractivity contribution in [3.05, 3.63) is 64.5 Å². The summed E-state index contributed by atoms with van der Waals surface area (Å²) in [5.74, 6) is 1.84. The zero-order valence-electron chi connectivity index (χ0n) is 20.6. The van der Waals surface area contributed by atoms with Gasteiger partial charge in [-0.2, -0.15) is 0 Å². The van der Waals surface area contributed by atoms with Crippen LogP contribution in [0.1, 0.15) is 50.7 Å². The molecule has 0 spiro atoms. The summed E-state index contributed by atoms with van der Waals surface area (Å²) in [5, 5.41) is 5.40. The van der Waals surface area contributed by atoms with Gasteiger partial charge in [-0.3, -0.25) is 13.9 Å². The van der Waals surface area contributed by atoms with Crippen LogP contribution in [0.4, 0.5) is 5.82 Å². The van der Waals surface area contributed by atoms with Gasteiger partial charge in [-0.05, 0) is 49.3 Å². The molecule has 0 saturated carbocycles. The zero-order chi connectivity index (χ0) is 25.4. The van der Waals surface area contributed by atoms with E-state index in [1.807, 2.05) is 47.2 Å². The standard InChI is InChI=1S/C26H27N7O3S/c1-3-18(30-23-21-25(28-14-27-23)32(15-29-21)20-9-4-5-11-36-20)24-31-19-10-12-37-22(19)26(34)33(24)16-7-6-8-17(13-16)35-2/h6-8,10,12-15,18,20H,3-5,9,11H2,1-2H3,(H,27,28,30). The first-order chi connectivity index (χ1) is 18.2. The smallest absolute Gasteiger partial charge is 0.276 e. The number of fused-ring (bicyclic) bond motifs is 2. The molecule has 5 aromatic rings. The highest BCUT2D eigenvalue weighted by molar-refractivity contribution is 7.17. The molecule has 37 heavy (non-hydrogen) atoms. The van der Waals surface area contributed by atoms with Crippen molar-refractivity contribution < 1.29 is 9.47 Å². The van der Waals surface area contributed by atoms with E-state index >= 15 is 0 Å². The molecule has 11 heteroatoms. The quantitative estimate of drug-likeness (QED) is 0.326. The first kappa shape index (κ1) is 23.6. The lowest BCUT2D eigenvalue weighted by molar-refractivity contribution is -0.0298. The van der Waals surface area contributed by atoms with E-state index in [1.165, 1.54) is 17.7 Å². The molecule has 0 amide bonds. The lowest BCUT2D eigenvalue weighted by Gasteiger charge is -2.24. The van der Waals surface area contributed by atoms with Crippen molar-refractivity contribution in [3.8, 4) is 11.4 Å². The minimum absolute atomic E-state index is 0.0793. The van der Waals surface area contributed by atoms with Crippen molar-refractivity contribution in [2.24, 2.45) is 0 Å². The molecule has 10 nitrogen and oxygen atoms in total. The van der Waals surface area contributed by atoms with Crippen LogP contribution in [0.5, 0.6) is 5.75 Å². The normalized spacial score (nSPS) is 16.8. The van der Waals surface area contributed by atoms with Gasteiger partial charge < -0.3 is 14.8 Å². The predicted octanol–water partition coefficient (Wildman–Crippen LogP) is 4.86. The second kappa shape index (κ2) is 9.91. The van der Waals surface area contributed by atoms with Gasteiger partial charge >= 0.3 is 0 Å². The topological polar surface area (TPSA) is 109 Å². The molecule has 1 N–H and O–H groups in total. The zero-order valence-corrected chi connectivity index (χ0v) is 21.4. The van der Waals surface area contributed by atoms with Crippen LogP contribution in [-0.4, -0.2) is 42.8 Å². The summed E-state index contributed by atoms with van der Waals surface area (Å²) in [6.07, 6.45) is 6.98. The van der Waals surface area contributed by atoms with E-state index in [4.69, 9.17) is 14.5 Å². The van der Waals surface area contributed by atoms with Gasteiger partial charge in [0.2, 0.25) is 0 Å². The van der Waals surface area contributed by atoms with Gasteiger partial charge in [0.1, 0.15) is 28.8 Å². The van der Waals surface area contributed by atoms with Gasteiger partial charge in [0, 0.05) is 12.7 Å². The van der Waals surface area contributed by atoms with Crippen LogP contribution in [-0.2, 0) is 4.74 Å². The first-order valence-corrected chi connectivity index (χ1v) is 13.3. The molecule has 1 fully saturated rings. The van der Waals surface area contributed by atoms with Gasteiger partial charge in [-0.15, -0.1) is 11.3 Å². The molecule has 0 aliphatic carbocycles. The minimum Gasteiger partial charge on any atom is -0.497 e. The van der Waals surface area contributed by atoms with Gasteiger partial charge in [0.05, 0.1) is 30.7 Å². The number of imidazole rings is 1. The van der Waals surface area contributed by atoms with Crippen LogP contribution in [0.15, 0.2) is 53.2 Å². The second-order valence-electron chi connectivity index (χ2n) is 8.92. The third-order valence-corrected chi connectivity index (χ3v) is 7.56. The minimum atomic E-state index is -0.322. The fourth-order valence-corrected chi connectivity index (χ4v) is 5.55. The summed E-state index contributed by atoms with van der Waals surface area (Å²) in [6.45, 7) is 2.78. The summed E-state index contributed by atoms with van der Waals surface area (Å²) in [7, 11) is 1.61. The molecule has 2 atom stereocenters. The fourth-order valence-electron chi connectivity index (χ4n) is 4.79. The Hall–Kier alpha value is -3.83. The number of hydrogen-bond acceptors (Lipinski definition) is 9. The van der Waals surface area contributed by atoms with Crippen molar-refractivity contribution in [3.63, 3.8) is 0 Å². The Morgan fingerprint density at radius 1 is 1.24 bits per heavy atom. The molecule has 4 aromatic heterocycles. The number of anilines is 1. The Kier molecular flexibility index (Phi) is 6.31. The number of hydrogen-bond donors (Lipinski definition) is 1. The summed E-state index contributed by atoms with van der Waals surface area (Å²) >= 11 is 1.39. The maximum atomic E-state index is 13.7. The average molecular weight is 518 g/mol. The SMILES string of the molecule is CCC(Nc1ncnc2c1ncn2C1CCCCO1)c1nc2ccsc2c(=O)n1-c1cccc(OC)c1. The third kappa shape index (κ3) is 4.23. The van der Waals surface area contributed by atoms with E-state index < -0.39 is 0 Å². The van der Waals surface area contributed by atoms with Crippen LogP contribution in [0.25, 0.3) is 27.1 Å². The number of rotatable bonds is 7. The molecule has 2 unspecified atom stereocenters. The molecular weight excluding hydrogens is 490 g/mol. The molecule has 1 saturated heterocycles. The Bertz CT molecular complexity index is 1620. The second-order valence-corrected chi connectivity index (χ2v) is 9.84. The average Bonchev–Trinajstić information content (AvgIpc) is 3.60. The highest BCUT2D eigenvalue weighted by Gasteiger charge is 2.24.